The van der Waals surface area contributed by atoms with Crippen LogP contribution in [-0.2, 0) is 16.0 Å². The topological polar surface area (TPSA) is 127 Å². The zero-order chi connectivity index (χ0) is 25.7. The number of carbonyl (C=O) groups excluding carboxylic acids is 2. The Morgan fingerprint density at radius 3 is 2.83 bits per heavy atom. The van der Waals surface area contributed by atoms with Crippen LogP contribution in [-0.4, -0.2) is 52.2 Å². The Balaban J connectivity index is 1.26. The lowest BCUT2D eigenvalue weighted by Gasteiger charge is -2.20. The molecule has 3 aromatic rings. The van der Waals surface area contributed by atoms with Gasteiger partial charge >= 0.3 is 0 Å². The van der Waals surface area contributed by atoms with E-state index >= 15 is 0 Å². The van der Waals surface area contributed by atoms with Gasteiger partial charge in [-0.3, -0.25) is 9.59 Å². The minimum atomic E-state index is -0.610. The number of hydrogen-bond donors (Lipinski definition) is 3. The van der Waals surface area contributed by atoms with Crippen LogP contribution in [0.1, 0.15) is 49.7 Å². The van der Waals surface area contributed by atoms with Gasteiger partial charge in [-0.1, -0.05) is 31.2 Å². The number of carbonyl (C=O) groups is 2. The third kappa shape index (κ3) is 6.37. The van der Waals surface area contributed by atoms with Crippen molar-refractivity contribution in [1.29, 1.82) is 0 Å². The number of amides is 1. The molecule has 192 valence electrons. The van der Waals surface area contributed by atoms with Gasteiger partial charge in [0, 0.05) is 18.5 Å². The van der Waals surface area contributed by atoms with E-state index in [0.29, 0.717) is 31.3 Å². The molecule has 0 radical (unpaired) electrons. The van der Waals surface area contributed by atoms with E-state index in [4.69, 9.17) is 9.26 Å². The number of aliphatic hydroxyl groups is 1. The number of nitrogens with zero attached hydrogens (tertiary/aromatic N) is 2. The van der Waals surface area contributed by atoms with E-state index in [-0.39, 0.29) is 36.4 Å². The van der Waals surface area contributed by atoms with Gasteiger partial charge in [-0.05, 0) is 48.9 Å². The molecule has 9 nitrogen and oxygen atoms in total. The third-order valence-electron chi connectivity index (χ3n) is 6.49. The Hall–Kier alpha value is -3.08. The van der Waals surface area contributed by atoms with Gasteiger partial charge in [-0.2, -0.15) is 0 Å². The molecule has 5 atom stereocenters. The molecule has 2 unspecified atom stereocenters. The average molecular weight is 513 g/mol. The van der Waals surface area contributed by atoms with Crippen LogP contribution in [0.15, 0.2) is 40.4 Å². The molecule has 1 saturated heterocycles. The molecule has 0 bridgehead atoms. The summed E-state index contributed by atoms with van der Waals surface area (Å²) < 4.78 is 10.4. The predicted octanol–water partition coefficient (Wildman–Crippen LogP) is 3.22. The molecule has 1 aliphatic heterocycles. The summed E-state index contributed by atoms with van der Waals surface area (Å²) >= 11 is 1.61. The number of benzene rings is 1. The minimum Gasteiger partial charge on any atom is -0.468 e. The monoisotopic (exact) mass is 512 g/mol. The van der Waals surface area contributed by atoms with E-state index < -0.39 is 12.1 Å². The van der Waals surface area contributed by atoms with E-state index in [1.165, 1.54) is 0 Å². The first-order chi connectivity index (χ1) is 17.3. The average Bonchev–Trinajstić information content (AvgIpc) is 3.58. The fourth-order valence-electron chi connectivity index (χ4n) is 4.59. The molecule has 1 fully saturated rings. The molecule has 1 amide bonds. The summed E-state index contributed by atoms with van der Waals surface area (Å²) in [5.41, 5.74) is 4.99. The second-order valence-corrected chi connectivity index (χ2v) is 10.3. The number of rotatable bonds is 11. The van der Waals surface area contributed by atoms with E-state index in [0.717, 1.165) is 21.7 Å². The predicted molar refractivity (Wildman–Crippen MR) is 136 cm³/mol. The van der Waals surface area contributed by atoms with E-state index in [9.17, 15) is 14.7 Å². The maximum Gasteiger partial charge on any atom is 0.254 e. The van der Waals surface area contributed by atoms with Crippen molar-refractivity contribution in [3.05, 3.63) is 52.9 Å². The summed E-state index contributed by atoms with van der Waals surface area (Å²) in [6.45, 7) is 5.94. The van der Waals surface area contributed by atoms with Crippen molar-refractivity contribution >= 4 is 23.5 Å². The fraction of sp³-hybridized carbons (Fsp3) is 0.462. The normalized spacial score (nSPS) is 21.2. The number of aliphatic hydroxyl groups excluding tert-OH is 1. The highest BCUT2D eigenvalue weighted by Gasteiger charge is 2.37. The number of aromatic nitrogens is 2. The summed E-state index contributed by atoms with van der Waals surface area (Å²) in [5.74, 6) is 0.981. The lowest BCUT2D eigenvalue weighted by molar-refractivity contribution is -0.123. The molecular weight excluding hydrogens is 480 g/mol. The van der Waals surface area contributed by atoms with Crippen molar-refractivity contribution in [1.82, 2.24) is 20.8 Å². The quantitative estimate of drug-likeness (QED) is 0.334. The van der Waals surface area contributed by atoms with E-state index in [2.05, 4.69) is 39.8 Å². The molecule has 36 heavy (non-hydrogen) atoms. The van der Waals surface area contributed by atoms with Gasteiger partial charge in [-0.15, -0.1) is 11.3 Å². The van der Waals surface area contributed by atoms with Crippen LogP contribution in [0.5, 0.6) is 5.88 Å². The summed E-state index contributed by atoms with van der Waals surface area (Å²) in [7, 11) is 0. The third-order valence-corrected chi connectivity index (χ3v) is 7.47. The standard InChI is InChI=1S/C26H32N4O5S/c1-15(10-20-12-24(30-35-20)34-9-8-31)11-21-23(32)13-22(29-21)26(33)28-16(2)18-4-6-19(7-5-18)25-17(3)27-14-36-25/h4-8,12,14-16,21-23,29,32H,9-11,13H2,1-3H3,(H,28,33)/t15?,16-,21?,22-,23+/m0/s1. The highest BCUT2D eigenvalue weighted by molar-refractivity contribution is 7.13. The van der Waals surface area contributed by atoms with Crippen LogP contribution in [0.3, 0.4) is 0 Å². The SMILES string of the molecule is Cc1ncsc1-c1ccc([C@H](C)NC(=O)[C@@H]2C[C@@H](O)C(CC(C)Cc3cc(OCC=O)no3)N2)cc1. The summed E-state index contributed by atoms with van der Waals surface area (Å²) in [6.07, 6.45) is 1.68. The number of aryl methyl sites for hydroxylation is 1. The molecule has 0 saturated carbocycles. The van der Waals surface area contributed by atoms with Crippen LogP contribution in [0.2, 0.25) is 0 Å². The van der Waals surface area contributed by atoms with Crippen molar-refractivity contribution in [2.45, 2.75) is 64.3 Å². The Labute approximate surface area is 214 Å². The lowest BCUT2D eigenvalue weighted by atomic mass is 9.95. The van der Waals surface area contributed by atoms with Gasteiger partial charge in [0.15, 0.2) is 6.29 Å². The molecular formula is C26H32N4O5S. The van der Waals surface area contributed by atoms with Gasteiger partial charge in [-0.25, -0.2) is 4.98 Å². The van der Waals surface area contributed by atoms with E-state index in [1.807, 2.05) is 31.5 Å². The van der Waals surface area contributed by atoms with Crippen LogP contribution < -0.4 is 15.4 Å². The largest absolute Gasteiger partial charge is 0.468 e. The first-order valence-corrected chi connectivity index (χ1v) is 13.0. The minimum absolute atomic E-state index is 0.0698. The molecule has 4 rings (SSSR count). The Bertz CT molecular complexity index is 1160. The van der Waals surface area contributed by atoms with Gasteiger partial charge in [0.05, 0.1) is 34.3 Å². The zero-order valence-electron chi connectivity index (χ0n) is 20.6. The molecule has 0 spiro atoms. The molecule has 0 aliphatic carbocycles. The second-order valence-electron chi connectivity index (χ2n) is 9.40. The van der Waals surface area contributed by atoms with Crippen LogP contribution >= 0.6 is 11.3 Å². The van der Waals surface area contributed by atoms with Gasteiger partial charge in [0.2, 0.25) is 5.91 Å². The molecule has 3 heterocycles. The molecule has 1 aliphatic rings. The Morgan fingerprint density at radius 1 is 1.36 bits per heavy atom. The summed E-state index contributed by atoms with van der Waals surface area (Å²) in [6, 6.07) is 9.03. The van der Waals surface area contributed by atoms with Crippen molar-refractivity contribution < 1.29 is 24.0 Å². The number of thiazole rings is 1. The second kappa shape index (κ2) is 11.8. The highest BCUT2D eigenvalue weighted by atomic mass is 32.1. The summed E-state index contributed by atoms with van der Waals surface area (Å²) in [4.78, 5) is 28.8. The maximum atomic E-state index is 12.9. The van der Waals surface area contributed by atoms with Gasteiger partial charge in [0.1, 0.15) is 12.4 Å². The summed E-state index contributed by atoms with van der Waals surface area (Å²) in [5, 5.41) is 20.7. The van der Waals surface area contributed by atoms with Crippen molar-refractivity contribution in [2.24, 2.45) is 5.92 Å². The number of hydrogen-bond acceptors (Lipinski definition) is 9. The Morgan fingerprint density at radius 2 is 2.14 bits per heavy atom. The fourth-order valence-corrected chi connectivity index (χ4v) is 5.40. The van der Waals surface area contributed by atoms with Crippen molar-refractivity contribution in [2.75, 3.05) is 6.61 Å². The van der Waals surface area contributed by atoms with Gasteiger partial charge in [0.25, 0.3) is 5.88 Å². The molecule has 10 heteroatoms. The van der Waals surface area contributed by atoms with Crippen molar-refractivity contribution in [3.63, 3.8) is 0 Å². The number of aldehydes is 1. The Kier molecular flexibility index (Phi) is 8.50. The van der Waals surface area contributed by atoms with E-state index in [1.54, 1.807) is 17.4 Å². The first kappa shape index (κ1) is 26.0. The maximum absolute atomic E-state index is 12.9. The molecule has 3 N–H and O–H groups in total. The van der Waals surface area contributed by atoms with Crippen LogP contribution in [0.4, 0.5) is 0 Å². The lowest BCUT2D eigenvalue weighted by Crippen LogP contribution is -2.44. The van der Waals surface area contributed by atoms with Gasteiger partial charge < -0.3 is 25.0 Å². The van der Waals surface area contributed by atoms with Crippen LogP contribution in [0.25, 0.3) is 10.4 Å². The smallest absolute Gasteiger partial charge is 0.254 e. The molecule has 1 aromatic carbocycles. The van der Waals surface area contributed by atoms with Crippen molar-refractivity contribution in [3.8, 4) is 16.3 Å². The van der Waals surface area contributed by atoms with Crippen LogP contribution in [0, 0.1) is 12.8 Å². The zero-order valence-corrected chi connectivity index (χ0v) is 21.5. The molecule has 2 aromatic heterocycles. The number of nitrogens with one attached hydrogen (secondary N) is 2. The highest BCUT2D eigenvalue weighted by Crippen LogP contribution is 2.28. The number of ether oxygens (including phenoxy) is 1. The first-order valence-electron chi connectivity index (χ1n) is 12.1.